The fourth-order valence-corrected chi connectivity index (χ4v) is 6.63. The van der Waals surface area contributed by atoms with E-state index in [0.29, 0.717) is 35.3 Å². The Kier molecular flexibility index (Phi) is 7.89. The fraction of sp³-hybridized carbons (Fsp3) is 0.441. The smallest absolute Gasteiger partial charge is 0.338 e. The highest BCUT2D eigenvalue weighted by molar-refractivity contribution is 5.91. The van der Waals surface area contributed by atoms with Gasteiger partial charge in [0.2, 0.25) is 0 Å². The predicted octanol–water partition coefficient (Wildman–Crippen LogP) is 6.29. The topological polar surface area (TPSA) is 97.2 Å². The van der Waals surface area contributed by atoms with Crippen LogP contribution in [0.1, 0.15) is 74.8 Å². The maximum absolute atomic E-state index is 15.0. The number of nitriles is 1. The van der Waals surface area contributed by atoms with Gasteiger partial charge < -0.3 is 9.84 Å². The number of para-hydroxylation sites is 1. The third kappa shape index (κ3) is 5.29. The molecule has 8 heteroatoms. The van der Waals surface area contributed by atoms with E-state index >= 15 is 0 Å². The average molecular weight is 572 g/mol. The van der Waals surface area contributed by atoms with Crippen LogP contribution in [0.2, 0.25) is 0 Å². The maximum Gasteiger partial charge on any atom is 0.338 e. The van der Waals surface area contributed by atoms with Gasteiger partial charge in [0.05, 0.1) is 22.7 Å². The average Bonchev–Trinajstić information content (AvgIpc) is 3.58. The second-order valence-electron chi connectivity index (χ2n) is 12.3. The molecule has 0 bridgehead atoms. The van der Waals surface area contributed by atoms with Crippen molar-refractivity contribution >= 4 is 5.97 Å². The number of aromatic nitrogens is 2. The van der Waals surface area contributed by atoms with Crippen molar-refractivity contribution in [1.29, 1.82) is 5.26 Å². The van der Waals surface area contributed by atoms with Gasteiger partial charge in [-0.05, 0) is 76.1 Å². The number of carbonyl (C=O) groups is 1. The first kappa shape index (κ1) is 29.4. The van der Waals surface area contributed by atoms with Crippen molar-refractivity contribution in [2.24, 2.45) is 13.0 Å². The van der Waals surface area contributed by atoms with Gasteiger partial charge in [0.25, 0.3) is 5.56 Å². The summed E-state index contributed by atoms with van der Waals surface area (Å²) in [4.78, 5) is 27.0. The monoisotopic (exact) mass is 571 g/mol. The number of esters is 1. The molecule has 0 radical (unpaired) electrons. The highest BCUT2D eigenvalue weighted by Crippen LogP contribution is 2.46. The summed E-state index contributed by atoms with van der Waals surface area (Å²) in [7, 11) is 1.79. The standard InChI is InChI=1S/C34H38FN3O4/c1-22-26(31(40)38(37(22)4)25-12-6-5-7-13-25)19-27-30(39)20-34(42-32(27)41,24-10-8-9-11-24)17-16-23-14-15-28(29(35)18-23)33(2,3)21-36/h5-7,12-15,18,24,39H,8-11,16-17,19-20H2,1-4H3. The summed E-state index contributed by atoms with van der Waals surface area (Å²) in [5, 5.41) is 20.8. The van der Waals surface area contributed by atoms with Crippen LogP contribution in [-0.4, -0.2) is 26.0 Å². The normalized spacial score (nSPS) is 19.7. The Morgan fingerprint density at radius 1 is 1.14 bits per heavy atom. The van der Waals surface area contributed by atoms with Gasteiger partial charge in [0, 0.05) is 36.7 Å². The SMILES string of the molecule is Cc1c(CC2=C(O)CC(CCc3ccc(C(C)(C)C#N)c(F)c3)(C3CCCC3)OC2=O)c(=O)n(-c2ccccc2)n1C. The molecule has 42 heavy (non-hydrogen) atoms. The molecule has 2 aromatic carbocycles. The fourth-order valence-electron chi connectivity index (χ4n) is 6.63. The van der Waals surface area contributed by atoms with Crippen LogP contribution in [-0.2, 0) is 34.8 Å². The van der Waals surface area contributed by atoms with Gasteiger partial charge in [-0.25, -0.2) is 13.9 Å². The van der Waals surface area contributed by atoms with E-state index in [2.05, 4.69) is 6.07 Å². The number of halogens is 1. The zero-order valence-electron chi connectivity index (χ0n) is 24.7. The van der Waals surface area contributed by atoms with Gasteiger partial charge in [-0.1, -0.05) is 43.2 Å². The number of aliphatic hydroxyl groups is 1. The Bertz CT molecular complexity index is 1640. The minimum atomic E-state index is -0.943. The minimum absolute atomic E-state index is 0.0227. The van der Waals surface area contributed by atoms with Gasteiger partial charge in [-0.2, -0.15) is 5.26 Å². The summed E-state index contributed by atoms with van der Waals surface area (Å²) in [6.45, 7) is 5.19. The van der Waals surface area contributed by atoms with Crippen LogP contribution in [0.5, 0.6) is 0 Å². The molecule has 0 saturated heterocycles. The van der Waals surface area contributed by atoms with Crippen LogP contribution in [0.4, 0.5) is 4.39 Å². The van der Waals surface area contributed by atoms with Gasteiger partial charge in [0.15, 0.2) is 0 Å². The quantitative estimate of drug-likeness (QED) is 0.321. The first-order valence-corrected chi connectivity index (χ1v) is 14.6. The van der Waals surface area contributed by atoms with Crippen molar-refractivity contribution in [1.82, 2.24) is 9.36 Å². The van der Waals surface area contributed by atoms with Gasteiger partial charge in [-0.3, -0.25) is 9.48 Å². The molecule has 1 aromatic heterocycles. The number of benzene rings is 2. The number of aliphatic hydroxyl groups excluding tert-OH is 1. The third-order valence-corrected chi connectivity index (χ3v) is 9.31. The van der Waals surface area contributed by atoms with Crippen LogP contribution in [0, 0.1) is 30.0 Å². The highest BCUT2D eigenvalue weighted by atomic mass is 19.1. The first-order valence-electron chi connectivity index (χ1n) is 14.6. The summed E-state index contributed by atoms with van der Waals surface area (Å²) in [6, 6.07) is 16.4. The van der Waals surface area contributed by atoms with Crippen LogP contribution in [0.3, 0.4) is 0 Å². The lowest BCUT2D eigenvalue weighted by Crippen LogP contribution is -2.46. The summed E-state index contributed by atoms with van der Waals surface area (Å²) in [6.07, 6.45) is 4.86. The summed E-state index contributed by atoms with van der Waals surface area (Å²) in [5.41, 5.74) is 0.962. The molecular weight excluding hydrogens is 533 g/mol. The Morgan fingerprint density at radius 2 is 1.83 bits per heavy atom. The zero-order valence-corrected chi connectivity index (χ0v) is 24.7. The van der Waals surface area contributed by atoms with E-state index in [1.807, 2.05) is 43.3 Å². The molecule has 220 valence electrons. The number of cyclic esters (lactones) is 1. The number of hydrogen-bond donors (Lipinski definition) is 1. The lowest BCUT2D eigenvalue weighted by atomic mass is 9.76. The summed E-state index contributed by atoms with van der Waals surface area (Å²) in [5.74, 6) is -0.985. The van der Waals surface area contributed by atoms with E-state index in [4.69, 9.17) is 4.74 Å². The maximum atomic E-state index is 15.0. The lowest BCUT2D eigenvalue weighted by molar-refractivity contribution is -0.167. The van der Waals surface area contributed by atoms with Gasteiger partial charge in [-0.15, -0.1) is 0 Å². The second kappa shape index (κ2) is 11.3. The third-order valence-electron chi connectivity index (χ3n) is 9.31. The Hall–Kier alpha value is -4.12. The molecule has 1 unspecified atom stereocenters. The molecule has 1 atom stereocenters. The van der Waals surface area contributed by atoms with Crippen LogP contribution >= 0.6 is 0 Å². The van der Waals surface area contributed by atoms with E-state index < -0.39 is 22.8 Å². The van der Waals surface area contributed by atoms with Crippen LogP contribution in [0.15, 0.2) is 64.7 Å². The van der Waals surface area contributed by atoms with E-state index in [9.17, 15) is 24.3 Å². The van der Waals surface area contributed by atoms with E-state index in [1.54, 1.807) is 36.3 Å². The van der Waals surface area contributed by atoms with Crippen molar-refractivity contribution in [2.45, 2.75) is 83.2 Å². The van der Waals surface area contributed by atoms with Crippen LogP contribution < -0.4 is 5.56 Å². The molecule has 7 nitrogen and oxygen atoms in total. The Balaban J connectivity index is 1.43. The van der Waals surface area contributed by atoms with E-state index in [-0.39, 0.29) is 35.7 Å². The second-order valence-corrected chi connectivity index (χ2v) is 12.3. The molecule has 1 aliphatic heterocycles. The molecule has 1 N–H and O–H groups in total. The molecule has 1 fully saturated rings. The zero-order chi connectivity index (χ0) is 30.2. The van der Waals surface area contributed by atoms with Gasteiger partial charge in [0.1, 0.15) is 17.2 Å². The summed E-state index contributed by atoms with van der Waals surface area (Å²) >= 11 is 0. The molecule has 1 saturated carbocycles. The molecule has 0 spiro atoms. The van der Waals surface area contributed by atoms with Crippen LogP contribution in [0.25, 0.3) is 5.69 Å². The molecule has 2 aliphatic rings. The molecule has 0 amide bonds. The largest absolute Gasteiger partial charge is 0.512 e. The highest BCUT2D eigenvalue weighted by Gasteiger charge is 2.48. The lowest BCUT2D eigenvalue weighted by Gasteiger charge is -2.42. The van der Waals surface area contributed by atoms with E-state index in [1.165, 1.54) is 6.07 Å². The van der Waals surface area contributed by atoms with Crippen molar-refractivity contribution < 1.29 is 19.0 Å². The molecule has 2 heterocycles. The van der Waals surface area contributed by atoms with Crippen molar-refractivity contribution in [3.63, 3.8) is 0 Å². The number of aryl methyl sites for hydroxylation is 1. The summed E-state index contributed by atoms with van der Waals surface area (Å²) < 4.78 is 24.5. The molecule has 1 aliphatic carbocycles. The minimum Gasteiger partial charge on any atom is -0.512 e. The predicted molar refractivity (Wildman–Crippen MR) is 158 cm³/mol. The number of hydrogen-bond acceptors (Lipinski definition) is 5. The van der Waals surface area contributed by atoms with Crippen molar-refractivity contribution in [3.8, 4) is 11.8 Å². The molecular formula is C34H38FN3O4. The Morgan fingerprint density at radius 3 is 2.45 bits per heavy atom. The molecule has 3 aromatic rings. The number of ether oxygens (including phenoxy) is 1. The van der Waals surface area contributed by atoms with E-state index in [0.717, 1.165) is 31.2 Å². The number of rotatable bonds is 8. The molecule has 5 rings (SSSR count). The number of carbonyl (C=O) groups excluding carboxylic acids is 1. The van der Waals surface area contributed by atoms with Crippen molar-refractivity contribution in [3.05, 3.63) is 98.4 Å². The van der Waals surface area contributed by atoms with Crippen molar-refractivity contribution in [2.75, 3.05) is 0 Å². The first-order chi connectivity index (χ1) is 20.0. The van der Waals surface area contributed by atoms with Gasteiger partial charge >= 0.3 is 5.97 Å². The Labute approximate surface area is 245 Å². The number of nitrogens with zero attached hydrogens (tertiary/aromatic N) is 3.